The van der Waals surface area contributed by atoms with E-state index in [1.807, 2.05) is 0 Å². The molecule has 1 amide bonds. The maximum atomic E-state index is 12.3. The number of hydrogen-bond donors (Lipinski definition) is 1. The van der Waals surface area contributed by atoms with Crippen molar-refractivity contribution >= 4 is 21.4 Å². The summed E-state index contributed by atoms with van der Waals surface area (Å²) in [4.78, 5) is 12.4. The van der Waals surface area contributed by atoms with Crippen LogP contribution in [0.15, 0.2) is 47.4 Å². The van der Waals surface area contributed by atoms with Crippen LogP contribution in [-0.4, -0.2) is 33.8 Å². The van der Waals surface area contributed by atoms with Gasteiger partial charge in [0.15, 0.2) is 21.3 Å². The lowest BCUT2D eigenvalue weighted by Gasteiger charge is -2.12. The van der Waals surface area contributed by atoms with E-state index in [1.54, 1.807) is 6.92 Å². The number of methoxy groups -OCH3 is 1. The molecule has 140 valence electrons. The third-order valence-electron chi connectivity index (χ3n) is 3.49. The molecule has 0 saturated heterocycles. The Balaban J connectivity index is 2.17. The smallest absolute Gasteiger partial charge is 0.387 e. The van der Waals surface area contributed by atoms with Crippen molar-refractivity contribution in [3.8, 4) is 11.5 Å². The standard InChI is InChI=1S/C17H17F2NO5S/c1-3-26(22,23)13-7-5-12(6-8-13)20-16(21)11-4-9-14(25-17(18)19)15(10-11)24-2/h4-10,17H,3H2,1-2H3,(H,20,21). The Kier molecular flexibility index (Phi) is 6.14. The van der Waals surface area contributed by atoms with Crippen molar-refractivity contribution in [3.63, 3.8) is 0 Å². The van der Waals surface area contributed by atoms with Gasteiger partial charge < -0.3 is 14.8 Å². The Bertz CT molecular complexity index is 883. The molecule has 0 aliphatic heterocycles. The maximum absolute atomic E-state index is 12.3. The predicted molar refractivity (Wildman–Crippen MR) is 91.7 cm³/mol. The number of nitrogens with one attached hydrogen (secondary N) is 1. The SMILES string of the molecule is CCS(=O)(=O)c1ccc(NC(=O)c2ccc(OC(F)F)c(OC)c2)cc1. The molecule has 2 rings (SSSR count). The van der Waals surface area contributed by atoms with Crippen LogP contribution in [0, 0.1) is 0 Å². The highest BCUT2D eigenvalue weighted by Gasteiger charge is 2.15. The first-order valence-corrected chi connectivity index (χ1v) is 9.19. The third kappa shape index (κ3) is 4.69. The number of hydrogen-bond acceptors (Lipinski definition) is 5. The van der Waals surface area contributed by atoms with Gasteiger partial charge >= 0.3 is 6.61 Å². The van der Waals surface area contributed by atoms with Gasteiger partial charge in [-0.3, -0.25) is 4.79 Å². The molecule has 2 aromatic carbocycles. The molecule has 6 nitrogen and oxygen atoms in total. The summed E-state index contributed by atoms with van der Waals surface area (Å²) in [6.45, 7) is -1.47. The van der Waals surface area contributed by atoms with Crippen LogP contribution in [0.25, 0.3) is 0 Å². The van der Waals surface area contributed by atoms with E-state index in [9.17, 15) is 22.0 Å². The highest BCUT2D eigenvalue weighted by molar-refractivity contribution is 7.91. The highest BCUT2D eigenvalue weighted by atomic mass is 32.2. The van der Waals surface area contributed by atoms with Crippen molar-refractivity contribution in [2.45, 2.75) is 18.4 Å². The molecule has 0 atom stereocenters. The summed E-state index contributed by atoms with van der Waals surface area (Å²) in [5.74, 6) is -0.737. The van der Waals surface area contributed by atoms with Crippen molar-refractivity contribution in [1.29, 1.82) is 0 Å². The Morgan fingerprint density at radius 1 is 1.12 bits per heavy atom. The summed E-state index contributed by atoms with van der Waals surface area (Å²) in [5, 5.41) is 2.59. The van der Waals surface area contributed by atoms with Gasteiger partial charge in [0, 0.05) is 11.3 Å². The molecule has 0 aromatic heterocycles. The minimum atomic E-state index is -3.32. The topological polar surface area (TPSA) is 81.7 Å². The summed E-state index contributed by atoms with van der Waals surface area (Å²) in [6.07, 6.45) is 0. The second-order valence-corrected chi connectivity index (χ2v) is 7.40. The number of carbonyl (C=O) groups excluding carboxylic acids is 1. The van der Waals surface area contributed by atoms with E-state index in [4.69, 9.17) is 4.74 Å². The number of benzene rings is 2. The molecule has 0 saturated carbocycles. The largest absolute Gasteiger partial charge is 0.493 e. The van der Waals surface area contributed by atoms with E-state index in [0.717, 1.165) is 0 Å². The predicted octanol–water partition coefficient (Wildman–Crippen LogP) is 3.34. The molecule has 0 radical (unpaired) electrons. The van der Waals surface area contributed by atoms with Gasteiger partial charge in [-0.05, 0) is 42.5 Å². The fourth-order valence-electron chi connectivity index (χ4n) is 2.12. The number of rotatable bonds is 7. The zero-order valence-corrected chi connectivity index (χ0v) is 14.8. The molecule has 26 heavy (non-hydrogen) atoms. The zero-order chi connectivity index (χ0) is 19.3. The average molecular weight is 385 g/mol. The molecule has 0 unspecified atom stereocenters. The van der Waals surface area contributed by atoms with Gasteiger partial charge in [-0.1, -0.05) is 6.92 Å². The van der Waals surface area contributed by atoms with Crippen LogP contribution in [0.1, 0.15) is 17.3 Å². The summed E-state index contributed by atoms with van der Waals surface area (Å²) < 4.78 is 57.4. The van der Waals surface area contributed by atoms with Gasteiger partial charge in [0.05, 0.1) is 17.8 Å². The van der Waals surface area contributed by atoms with Gasteiger partial charge in [-0.25, -0.2) is 8.42 Å². The number of alkyl halides is 2. The quantitative estimate of drug-likeness (QED) is 0.791. The molecule has 0 aliphatic rings. The van der Waals surface area contributed by atoms with Crippen LogP contribution in [-0.2, 0) is 9.84 Å². The minimum Gasteiger partial charge on any atom is -0.493 e. The molecular weight excluding hydrogens is 368 g/mol. The molecule has 0 bridgehead atoms. The van der Waals surface area contributed by atoms with Gasteiger partial charge in [0.2, 0.25) is 0 Å². The normalized spacial score (nSPS) is 11.3. The van der Waals surface area contributed by atoms with Crippen molar-refractivity contribution in [3.05, 3.63) is 48.0 Å². The van der Waals surface area contributed by atoms with Crippen LogP contribution in [0.2, 0.25) is 0 Å². The summed E-state index contributed by atoms with van der Waals surface area (Å²) in [7, 11) is -2.06. The zero-order valence-electron chi connectivity index (χ0n) is 14.0. The number of halogens is 2. The Hall–Kier alpha value is -2.68. The van der Waals surface area contributed by atoms with Crippen LogP contribution in [0.5, 0.6) is 11.5 Å². The van der Waals surface area contributed by atoms with Crippen LogP contribution >= 0.6 is 0 Å². The second-order valence-electron chi connectivity index (χ2n) is 5.13. The number of amides is 1. The van der Waals surface area contributed by atoms with Gasteiger partial charge in [-0.15, -0.1) is 0 Å². The van der Waals surface area contributed by atoms with Gasteiger partial charge in [0.25, 0.3) is 5.91 Å². The number of ether oxygens (including phenoxy) is 2. The molecule has 0 heterocycles. The van der Waals surface area contributed by atoms with E-state index in [0.29, 0.717) is 5.69 Å². The third-order valence-corrected chi connectivity index (χ3v) is 5.24. The van der Waals surface area contributed by atoms with Crippen molar-refractivity contribution < 1.29 is 31.5 Å². The van der Waals surface area contributed by atoms with E-state index >= 15 is 0 Å². The molecule has 0 aliphatic carbocycles. The average Bonchev–Trinajstić information content (AvgIpc) is 2.62. The molecule has 9 heteroatoms. The fraction of sp³-hybridized carbons (Fsp3) is 0.235. The first kappa shape index (κ1) is 19.6. The van der Waals surface area contributed by atoms with E-state index in [1.165, 1.54) is 49.6 Å². The molecule has 2 aromatic rings. The van der Waals surface area contributed by atoms with E-state index in [-0.39, 0.29) is 27.7 Å². The summed E-state index contributed by atoms with van der Waals surface area (Å²) in [6, 6.07) is 9.51. The van der Waals surface area contributed by atoms with Crippen molar-refractivity contribution in [2.75, 3.05) is 18.2 Å². The van der Waals surface area contributed by atoms with Crippen molar-refractivity contribution in [1.82, 2.24) is 0 Å². The van der Waals surface area contributed by atoms with Crippen molar-refractivity contribution in [2.24, 2.45) is 0 Å². The Labute approximate surface area is 149 Å². The Morgan fingerprint density at radius 2 is 1.77 bits per heavy atom. The lowest BCUT2D eigenvalue weighted by atomic mass is 10.2. The van der Waals surface area contributed by atoms with Gasteiger partial charge in [-0.2, -0.15) is 8.78 Å². The molecular formula is C17H17F2NO5S. The Morgan fingerprint density at radius 3 is 2.31 bits per heavy atom. The number of anilines is 1. The molecule has 0 fully saturated rings. The monoisotopic (exact) mass is 385 g/mol. The summed E-state index contributed by atoms with van der Waals surface area (Å²) >= 11 is 0. The summed E-state index contributed by atoms with van der Waals surface area (Å²) in [5.41, 5.74) is 0.547. The molecule has 1 N–H and O–H groups in total. The molecule has 0 spiro atoms. The first-order chi connectivity index (χ1) is 12.3. The number of carbonyl (C=O) groups is 1. The lowest BCUT2D eigenvalue weighted by molar-refractivity contribution is -0.0512. The fourth-order valence-corrected chi connectivity index (χ4v) is 3.00. The minimum absolute atomic E-state index is 0.0117. The van der Waals surface area contributed by atoms with Crippen LogP contribution in [0.4, 0.5) is 14.5 Å². The first-order valence-electron chi connectivity index (χ1n) is 7.54. The van der Waals surface area contributed by atoms with E-state index in [2.05, 4.69) is 10.1 Å². The second kappa shape index (κ2) is 8.13. The van der Waals surface area contributed by atoms with E-state index < -0.39 is 22.4 Å². The van der Waals surface area contributed by atoms with Gasteiger partial charge in [0.1, 0.15) is 0 Å². The highest BCUT2D eigenvalue weighted by Crippen LogP contribution is 2.29. The van der Waals surface area contributed by atoms with Crippen LogP contribution in [0.3, 0.4) is 0 Å². The lowest BCUT2D eigenvalue weighted by Crippen LogP contribution is -2.13. The maximum Gasteiger partial charge on any atom is 0.387 e. The number of sulfone groups is 1. The van der Waals surface area contributed by atoms with Crippen LogP contribution < -0.4 is 14.8 Å².